The van der Waals surface area contributed by atoms with Gasteiger partial charge in [-0.1, -0.05) is 6.92 Å². The molecule has 0 aliphatic heterocycles. The van der Waals surface area contributed by atoms with Gasteiger partial charge in [0, 0.05) is 18.0 Å². The second-order valence-electron chi connectivity index (χ2n) is 5.41. The molecule has 0 aromatic carbocycles. The summed E-state index contributed by atoms with van der Waals surface area (Å²) in [5, 5.41) is 0. The molecule has 0 aromatic rings. The highest BCUT2D eigenvalue weighted by Crippen LogP contribution is 2.23. The monoisotopic (exact) mass is 266 g/mol. The maximum atomic E-state index is 10.6. The second kappa shape index (κ2) is 6.57. The third-order valence-electron chi connectivity index (χ3n) is 2.42. The van der Waals surface area contributed by atoms with Gasteiger partial charge in [-0.3, -0.25) is 0 Å². The van der Waals surface area contributed by atoms with Gasteiger partial charge in [0.2, 0.25) is 0 Å². The Kier molecular flexibility index (Phi) is 6.45. The summed E-state index contributed by atoms with van der Waals surface area (Å²) in [5.74, 6) is 0. The maximum Gasteiger partial charge on any atom is 0.404 e. The van der Waals surface area contributed by atoms with Crippen LogP contribution in [0, 0.1) is 0 Å². The summed E-state index contributed by atoms with van der Waals surface area (Å²) in [6, 6.07) is 0. The van der Waals surface area contributed by atoms with E-state index in [9.17, 15) is 4.79 Å². The highest BCUT2D eigenvalue weighted by molar-refractivity contribution is 6.61. The summed E-state index contributed by atoms with van der Waals surface area (Å²) in [7, 11) is 0. The Bertz CT molecular complexity index is 251. The molecular formula is C12H23ClO4. The maximum absolute atomic E-state index is 10.6. The van der Waals surface area contributed by atoms with Crippen LogP contribution in [0.3, 0.4) is 0 Å². The highest BCUT2D eigenvalue weighted by Gasteiger charge is 2.28. The summed E-state index contributed by atoms with van der Waals surface area (Å²) in [4.78, 5) is 21.4. The fourth-order valence-electron chi connectivity index (χ4n) is 1.21. The molecular weight excluding hydrogens is 244 g/mol. The lowest BCUT2D eigenvalue weighted by Crippen LogP contribution is -2.35. The number of halogens is 1. The molecule has 0 aliphatic carbocycles. The van der Waals surface area contributed by atoms with Gasteiger partial charge in [0.1, 0.15) is 11.7 Å². The number of ether oxygens (including phenoxy) is 1. The van der Waals surface area contributed by atoms with Gasteiger partial charge in [-0.2, -0.15) is 0 Å². The minimum Gasteiger partial charge on any atom is -0.451 e. The molecule has 0 saturated carbocycles. The van der Waals surface area contributed by atoms with Gasteiger partial charge in [0.05, 0.1) is 5.60 Å². The van der Waals surface area contributed by atoms with E-state index in [0.717, 1.165) is 6.42 Å². The zero-order valence-electron chi connectivity index (χ0n) is 11.5. The molecule has 0 spiro atoms. The molecule has 0 bridgehead atoms. The van der Waals surface area contributed by atoms with E-state index in [2.05, 4.69) is 0 Å². The number of hydrogen-bond donors (Lipinski definition) is 0. The summed E-state index contributed by atoms with van der Waals surface area (Å²) in [5.41, 5.74) is -1.68. The molecule has 17 heavy (non-hydrogen) atoms. The first kappa shape index (κ1) is 16.7. The molecule has 0 fully saturated rings. The lowest BCUT2D eigenvalue weighted by Gasteiger charge is -2.31. The predicted octanol–water partition coefficient (Wildman–Crippen LogP) is 4.06. The van der Waals surface area contributed by atoms with E-state index in [-0.39, 0.29) is 11.7 Å². The molecule has 0 aromatic heterocycles. The first-order valence-corrected chi connectivity index (χ1v) is 6.19. The molecule has 4 nitrogen and oxygen atoms in total. The Morgan fingerprint density at radius 2 is 1.65 bits per heavy atom. The van der Waals surface area contributed by atoms with E-state index in [1.54, 1.807) is 6.92 Å². The van der Waals surface area contributed by atoms with Crippen LogP contribution in [0.1, 0.15) is 54.4 Å². The lowest BCUT2D eigenvalue weighted by molar-refractivity contribution is -0.403. The normalized spacial score (nSPS) is 14.5. The van der Waals surface area contributed by atoms with Crippen LogP contribution in [-0.2, 0) is 14.5 Å². The number of hydrogen-bond acceptors (Lipinski definition) is 4. The number of carbonyl (C=O) groups excluding carboxylic acids is 1. The van der Waals surface area contributed by atoms with Crippen molar-refractivity contribution in [3.8, 4) is 0 Å². The molecule has 0 aliphatic rings. The van der Waals surface area contributed by atoms with Gasteiger partial charge in [-0.05, 0) is 41.0 Å². The van der Waals surface area contributed by atoms with Crippen LogP contribution >= 0.6 is 11.6 Å². The van der Waals surface area contributed by atoms with E-state index in [0.29, 0.717) is 6.42 Å². The van der Waals surface area contributed by atoms with E-state index >= 15 is 0 Å². The molecule has 0 N–H and O–H groups in total. The van der Waals surface area contributed by atoms with Crippen molar-refractivity contribution in [3.05, 3.63) is 0 Å². The molecule has 102 valence electrons. The van der Waals surface area contributed by atoms with E-state index in [4.69, 9.17) is 26.1 Å². The summed E-state index contributed by atoms with van der Waals surface area (Å²) >= 11 is 5.14. The zero-order chi connectivity index (χ0) is 13.7. The Labute approximate surface area is 108 Å². The summed E-state index contributed by atoms with van der Waals surface area (Å²) < 4.78 is 4.84. The van der Waals surface area contributed by atoms with Crippen molar-refractivity contribution >= 4 is 17.0 Å². The molecule has 0 rings (SSSR count). The topological polar surface area (TPSA) is 44.8 Å². The molecule has 1 atom stereocenters. The van der Waals surface area contributed by atoms with Crippen molar-refractivity contribution in [2.24, 2.45) is 0 Å². The smallest absolute Gasteiger partial charge is 0.404 e. The van der Waals surface area contributed by atoms with Gasteiger partial charge in [-0.25, -0.2) is 14.6 Å². The Hall–Kier alpha value is -0.320. The van der Waals surface area contributed by atoms with E-state index in [1.807, 2.05) is 34.6 Å². The minimum atomic E-state index is -0.803. The second-order valence-corrected chi connectivity index (χ2v) is 5.72. The summed E-state index contributed by atoms with van der Waals surface area (Å²) in [6.45, 7) is 11.4. The van der Waals surface area contributed by atoms with Crippen LogP contribution in [-0.4, -0.2) is 22.7 Å². The van der Waals surface area contributed by atoms with Crippen LogP contribution in [0.25, 0.3) is 0 Å². The Morgan fingerprint density at radius 1 is 1.18 bits per heavy atom. The highest BCUT2D eigenvalue weighted by atomic mass is 35.5. The van der Waals surface area contributed by atoms with Gasteiger partial charge in [0.25, 0.3) is 0 Å². The molecule has 0 heterocycles. The van der Waals surface area contributed by atoms with Crippen molar-refractivity contribution in [2.75, 3.05) is 0 Å². The van der Waals surface area contributed by atoms with E-state index < -0.39 is 11.0 Å². The predicted molar refractivity (Wildman–Crippen MR) is 67.0 cm³/mol. The van der Waals surface area contributed by atoms with Crippen LogP contribution in [0.2, 0.25) is 0 Å². The van der Waals surface area contributed by atoms with Crippen LogP contribution < -0.4 is 0 Å². The first-order valence-electron chi connectivity index (χ1n) is 5.81. The third kappa shape index (κ3) is 8.41. The standard InChI is InChI=1S/C12H23ClO4/c1-7-11(3,4)16-17-12(5,6)8-9(2)15-10(13)14/h9H,7-8H2,1-6H3. The van der Waals surface area contributed by atoms with Crippen molar-refractivity contribution in [3.63, 3.8) is 0 Å². The third-order valence-corrected chi connectivity index (χ3v) is 2.51. The molecule has 0 amide bonds. The van der Waals surface area contributed by atoms with Crippen LogP contribution in [0.15, 0.2) is 0 Å². The van der Waals surface area contributed by atoms with Gasteiger partial charge in [0.15, 0.2) is 0 Å². The van der Waals surface area contributed by atoms with Crippen molar-refractivity contribution < 1.29 is 19.3 Å². The van der Waals surface area contributed by atoms with E-state index in [1.165, 1.54) is 0 Å². The Balaban J connectivity index is 4.15. The van der Waals surface area contributed by atoms with Crippen molar-refractivity contribution in [2.45, 2.75) is 71.7 Å². The lowest BCUT2D eigenvalue weighted by atomic mass is 10.0. The van der Waals surface area contributed by atoms with Gasteiger partial charge >= 0.3 is 5.43 Å². The number of rotatable bonds is 7. The average Bonchev–Trinajstić information content (AvgIpc) is 2.13. The van der Waals surface area contributed by atoms with Crippen LogP contribution in [0.4, 0.5) is 4.79 Å². The minimum absolute atomic E-state index is 0.316. The van der Waals surface area contributed by atoms with Gasteiger partial charge < -0.3 is 4.74 Å². The average molecular weight is 267 g/mol. The fraction of sp³-hybridized carbons (Fsp3) is 0.917. The quantitative estimate of drug-likeness (QED) is 0.396. The van der Waals surface area contributed by atoms with Crippen LogP contribution in [0.5, 0.6) is 0 Å². The summed E-state index contributed by atoms with van der Waals surface area (Å²) in [6.07, 6.45) is 1.03. The van der Waals surface area contributed by atoms with Gasteiger partial charge in [-0.15, -0.1) is 0 Å². The first-order chi connectivity index (χ1) is 7.58. The zero-order valence-corrected chi connectivity index (χ0v) is 12.3. The fourth-order valence-corrected chi connectivity index (χ4v) is 1.36. The molecule has 5 heteroatoms. The number of carbonyl (C=O) groups is 1. The molecule has 0 saturated heterocycles. The largest absolute Gasteiger partial charge is 0.451 e. The van der Waals surface area contributed by atoms with Crippen molar-refractivity contribution in [1.82, 2.24) is 0 Å². The Morgan fingerprint density at radius 3 is 2.06 bits per heavy atom. The molecule has 1 unspecified atom stereocenters. The van der Waals surface area contributed by atoms with Crippen molar-refractivity contribution in [1.29, 1.82) is 0 Å². The SMILES string of the molecule is CCC(C)(C)OOC(C)(C)CC(C)OC(=O)Cl. The molecule has 0 radical (unpaired) electrons.